The smallest absolute Gasteiger partial charge is 0.321 e. The Balaban J connectivity index is 1.23. The average molecular weight is 421 g/mol. The van der Waals surface area contributed by atoms with Gasteiger partial charge in [-0.1, -0.05) is 0 Å². The fourth-order valence-electron chi connectivity index (χ4n) is 3.97. The van der Waals surface area contributed by atoms with E-state index in [1.807, 2.05) is 12.1 Å². The molecule has 3 aromatic rings. The molecule has 0 unspecified atom stereocenters. The Morgan fingerprint density at radius 3 is 2.71 bits per heavy atom. The summed E-state index contributed by atoms with van der Waals surface area (Å²) < 4.78 is 13.4. The van der Waals surface area contributed by atoms with Crippen LogP contribution in [-0.4, -0.2) is 68.2 Å². The Morgan fingerprint density at radius 1 is 1.13 bits per heavy atom. The molecule has 0 amide bonds. The van der Waals surface area contributed by atoms with Crippen LogP contribution < -0.4 is 15.0 Å². The van der Waals surface area contributed by atoms with Crippen molar-refractivity contribution in [3.63, 3.8) is 0 Å². The number of morpholine rings is 1. The molecule has 11 heteroatoms. The van der Waals surface area contributed by atoms with E-state index in [0.29, 0.717) is 36.8 Å². The molecule has 0 atom stereocenters. The van der Waals surface area contributed by atoms with Crippen molar-refractivity contribution >= 4 is 17.3 Å². The highest BCUT2D eigenvalue weighted by atomic mass is 16.5. The Morgan fingerprint density at radius 2 is 1.97 bits per heavy atom. The topological polar surface area (TPSA) is 126 Å². The van der Waals surface area contributed by atoms with Crippen LogP contribution >= 0.6 is 0 Å². The lowest BCUT2D eigenvalue weighted by molar-refractivity contribution is 0.121. The summed E-state index contributed by atoms with van der Waals surface area (Å²) in [6, 6.07) is 8.14. The highest BCUT2D eigenvalue weighted by Crippen LogP contribution is 2.26. The molecule has 31 heavy (non-hydrogen) atoms. The summed E-state index contributed by atoms with van der Waals surface area (Å²) in [4.78, 5) is 11.3. The number of fused-ring (bicyclic) bond motifs is 1. The van der Waals surface area contributed by atoms with Crippen molar-refractivity contribution in [2.45, 2.75) is 37.8 Å². The van der Waals surface area contributed by atoms with Gasteiger partial charge in [0.1, 0.15) is 30.1 Å². The zero-order valence-corrected chi connectivity index (χ0v) is 17.0. The minimum Gasteiger partial charge on any atom is -0.460 e. The molecule has 160 valence electrons. The van der Waals surface area contributed by atoms with Crippen molar-refractivity contribution in [2.75, 3.05) is 36.5 Å². The van der Waals surface area contributed by atoms with Crippen LogP contribution in [0.1, 0.15) is 31.4 Å². The lowest BCUT2D eigenvalue weighted by atomic mass is 9.93. The molecule has 11 nitrogen and oxygen atoms in total. The first-order valence-corrected chi connectivity index (χ1v) is 10.5. The minimum absolute atomic E-state index is 0.0601. The zero-order chi connectivity index (χ0) is 21.0. The van der Waals surface area contributed by atoms with Gasteiger partial charge in [-0.2, -0.15) is 19.9 Å². The van der Waals surface area contributed by atoms with Crippen LogP contribution in [0.15, 0.2) is 24.5 Å². The molecule has 1 saturated heterocycles. The lowest BCUT2D eigenvalue weighted by Gasteiger charge is -2.30. The zero-order valence-electron chi connectivity index (χ0n) is 17.0. The molecule has 0 radical (unpaired) electrons. The summed E-state index contributed by atoms with van der Waals surface area (Å²) in [6.07, 6.45) is 5.24. The van der Waals surface area contributed by atoms with Crippen LogP contribution in [0.2, 0.25) is 0 Å². The maximum absolute atomic E-state index is 8.83. The van der Waals surface area contributed by atoms with E-state index < -0.39 is 0 Å². The third-order valence-electron chi connectivity index (χ3n) is 5.64. The van der Waals surface area contributed by atoms with Crippen LogP contribution in [0.3, 0.4) is 0 Å². The second-order valence-electron chi connectivity index (χ2n) is 7.68. The fraction of sp³-hybridized carbons (Fsp3) is 0.500. The molecule has 1 aliphatic heterocycles. The molecule has 3 aromatic heterocycles. The molecular weight excluding hydrogens is 398 g/mol. The van der Waals surface area contributed by atoms with Gasteiger partial charge < -0.3 is 19.7 Å². The number of anilines is 2. The summed E-state index contributed by atoms with van der Waals surface area (Å²) in [7, 11) is 0. The molecule has 0 spiro atoms. The first kappa shape index (κ1) is 19.4. The van der Waals surface area contributed by atoms with Crippen LogP contribution in [0.4, 0.5) is 11.6 Å². The average Bonchev–Trinajstić information content (AvgIpc) is 3.31. The van der Waals surface area contributed by atoms with E-state index >= 15 is 0 Å². The third kappa shape index (κ3) is 4.34. The highest BCUT2D eigenvalue weighted by molar-refractivity contribution is 5.52. The van der Waals surface area contributed by atoms with Gasteiger partial charge in [0.2, 0.25) is 0 Å². The number of aromatic nitrogens is 6. The fourth-order valence-corrected chi connectivity index (χ4v) is 3.97. The number of nitrogens with zero attached hydrogens (tertiary/aromatic N) is 8. The maximum Gasteiger partial charge on any atom is 0.321 e. The number of rotatable bonds is 5. The Kier molecular flexibility index (Phi) is 5.45. The third-order valence-corrected chi connectivity index (χ3v) is 5.64. The second kappa shape index (κ2) is 8.69. The quantitative estimate of drug-likeness (QED) is 0.646. The molecule has 5 rings (SSSR count). The first-order chi connectivity index (χ1) is 15.3. The number of hydrogen-bond donors (Lipinski definition) is 1. The van der Waals surface area contributed by atoms with Crippen molar-refractivity contribution in [1.82, 2.24) is 29.8 Å². The van der Waals surface area contributed by atoms with E-state index in [2.05, 4.69) is 30.5 Å². The van der Waals surface area contributed by atoms with E-state index in [0.717, 1.165) is 50.2 Å². The molecular formula is C20H23N9O2. The molecule has 0 aromatic carbocycles. The predicted molar refractivity (Wildman–Crippen MR) is 111 cm³/mol. The first-order valence-electron chi connectivity index (χ1n) is 10.5. The molecule has 2 fully saturated rings. The number of nitriles is 1. The van der Waals surface area contributed by atoms with E-state index in [-0.39, 0.29) is 6.10 Å². The molecule has 2 aliphatic rings. The van der Waals surface area contributed by atoms with Crippen molar-refractivity contribution in [2.24, 2.45) is 0 Å². The molecule has 1 aliphatic carbocycles. The molecule has 1 saturated carbocycles. The monoisotopic (exact) mass is 421 g/mol. The highest BCUT2D eigenvalue weighted by Gasteiger charge is 2.25. The number of ether oxygens (including phenoxy) is 2. The van der Waals surface area contributed by atoms with Crippen LogP contribution in [0.5, 0.6) is 6.01 Å². The van der Waals surface area contributed by atoms with Crippen LogP contribution in [0.25, 0.3) is 5.65 Å². The predicted octanol–water partition coefficient (Wildman–Crippen LogP) is 1.42. The molecule has 1 N–H and O–H groups in total. The van der Waals surface area contributed by atoms with Gasteiger partial charge in [0.25, 0.3) is 0 Å². The van der Waals surface area contributed by atoms with Gasteiger partial charge in [-0.3, -0.25) is 0 Å². The second-order valence-corrected chi connectivity index (χ2v) is 7.68. The van der Waals surface area contributed by atoms with Gasteiger partial charge in [-0.15, -0.1) is 10.2 Å². The summed E-state index contributed by atoms with van der Waals surface area (Å²) in [5.74, 6) is 1.53. The normalized spacial score (nSPS) is 21.6. The summed E-state index contributed by atoms with van der Waals surface area (Å²) >= 11 is 0. The van der Waals surface area contributed by atoms with E-state index in [1.54, 1.807) is 16.6 Å². The van der Waals surface area contributed by atoms with Crippen molar-refractivity contribution < 1.29 is 9.47 Å². The van der Waals surface area contributed by atoms with E-state index in [1.165, 1.54) is 6.33 Å². The van der Waals surface area contributed by atoms with Gasteiger partial charge in [0.15, 0.2) is 11.3 Å². The van der Waals surface area contributed by atoms with Crippen LogP contribution in [-0.2, 0) is 4.74 Å². The van der Waals surface area contributed by atoms with Gasteiger partial charge >= 0.3 is 6.01 Å². The Bertz CT molecular complexity index is 1060. The SMILES string of the molecule is N#Cc1ccc(NC2CCC(Oc3nc(N4CCOCC4)cc4ncnn34)CC2)nn1. The van der Waals surface area contributed by atoms with Gasteiger partial charge in [-0.05, 0) is 37.8 Å². The standard InChI is InChI=1S/C20H23N9O2/c21-12-15-3-6-17(27-26-15)24-14-1-4-16(5-2-14)31-20-25-19(28-7-9-30-10-8-28)11-18-22-13-23-29(18)20/h3,6,11,13-14,16H,1-2,4-5,7-10H2,(H,24,27). The molecule has 4 heterocycles. The van der Waals surface area contributed by atoms with E-state index in [4.69, 9.17) is 19.7 Å². The summed E-state index contributed by atoms with van der Waals surface area (Å²) in [6.45, 7) is 2.98. The Hall–Kier alpha value is -3.52. The number of hydrogen-bond acceptors (Lipinski definition) is 10. The van der Waals surface area contributed by atoms with Crippen molar-refractivity contribution in [3.8, 4) is 12.1 Å². The van der Waals surface area contributed by atoms with Gasteiger partial charge in [0, 0.05) is 25.2 Å². The lowest BCUT2D eigenvalue weighted by Crippen LogP contribution is -2.37. The van der Waals surface area contributed by atoms with Gasteiger partial charge in [0.05, 0.1) is 13.2 Å². The minimum atomic E-state index is 0.0601. The van der Waals surface area contributed by atoms with E-state index in [9.17, 15) is 0 Å². The summed E-state index contributed by atoms with van der Waals surface area (Å²) in [5, 5.41) is 24.4. The van der Waals surface area contributed by atoms with Crippen molar-refractivity contribution in [3.05, 3.63) is 30.2 Å². The van der Waals surface area contributed by atoms with Crippen molar-refractivity contribution in [1.29, 1.82) is 5.26 Å². The van der Waals surface area contributed by atoms with Crippen LogP contribution in [0, 0.1) is 11.3 Å². The largest absolute Gasteiger partial charge is 0.460 e. The van der Waals surface area contributed by atoms with Gasteiger partial charge in [-0.25, -0.2) is 4.98 Å². The molecule has 0 bridgehead atoms. The number of nitrogens with one attached hydrogen (secondary N) is 1. The summed E-state index contributed by atoms with van der Waals surface area (Å²) in [5.41, 5.74) is 1.04. The maximum atomic E-state index is 8.83. The Labute approximate surface area is 179 Å².